The Balaban J connectivity index is 1.75. The smallest absolute Gasteiger partial charge is 0.251 e. The third kappa shape index (κ3) is 4.38. The highest BCUT2D eigenvalue weighted by Gasteiger charge is 2.26. The fraction of sp³-hybridized carbons (Fsp3) is 0.409. The topological polar surface area (TPSA) is 66.5 Å². The van der Waals surface area contributed by atoms with Crippen molar-refractivity contribution in [3.63, 3.8) is 0 Å². The Bertz CT molecular complexity index is 952. The van der Waals surface area contributed by atoms with Crippen LogP contribution in [0.3, 0.4) is 0 Å². The fourth-order valence-electron chi connectivity index (χ4n) is 3.72. The van der Waals surface area contributed by atoms with E-state index in [1.54, 1.807) is 24.3 Å². The molecule has 0 aromatic heterocycles. The van der Waals surface area contributed by atoms with E-state index < -0.39 is 10.0 Å². The number of hydrogen-bond donors (Lipinski definition) is 1. The average Bonchev–Trinajstić information content (AvgIpc) is 2.66. The maximum atomic E-state index is 12.7. The second-order valence-electron chi connectivity index (χ2n) is 7.44. The van der Waals surface area contributed by atoms with Crippen LogP contribution in [0.1, 0.15) is 59.3 Å². The monoisotopic (exact) mass is 400 g/mol. The van der Waals surface area contributed by atoms with E-state index in [1.165, 1.54) is 9.87 Å². The maximum Gasteiger partial charge on any atom is 0.251 e. The summed E-state index contributed by atoms with van der Waals surface area (Å²) in [5, 5.41) is 3.10. The van der Waals surface area contributed by atoms with Crippen LogP contribution < -0.4 is 9.62 Å². The van der Waals surface area contributed by atoms with Crippen molar-refractivity contribution in [1.29, 1.82) is 0 Å². The minimum Gasteiger partial charge on any atom is -0.345 e. The molecule has 28 heavy (non-hydrogen) atoms. The Hall–Kier alpha value is -2.34. The Morgan fingerprint density at radius 1 is 1.11 bits per heavy atom. The second kappa shape index (κ2) is 8.35. The maximum absolute atomic E-state index is 12.7. The van der Waals surface area contributed by atoms with Crippen LogP contribution in [0.2, 0.25) is 0 Å². The Kier molecular flexibility index (Phi) is 6.08. The zero-order chi connectivity index (χ0) is 20.3. The lowest BCUT2D eigenvalue weighted by Crippen LogP contribution is -2.37. The van der Waals surface area contributed by atoms with Gasteiger partial charge in [0.15, 0.2) is 0 Å². The Labute approximate surface area is 167 Å². The first-order valence-corrected chi connectivity index (χ1v) is 11.4. The van der Waals surface area contributed by atoms with Crippen molar-refractivity contribution in [2.24, 2.45) is 0 Å². The van der Waals surface area contributed by atoms with E-state index in [0.29, 0.717) is 24.2 Å². The molecule has 0 aliphatic carbocycles. The minimum atomic E-state index is -3.24. The van der Waals surface area contributed by atoms with Crippen molar-refractivity contribution in [2.75, 3.05) is 16.6 Å². The van der Waals surface area contributed by atoms with Crippen molar-refractivity contribution in [3.05, 3.63) is 64.7 Å². The van der Waals surface area contributed by atoms with Crippen LogP contribution in [0, 0.1) is 13.8 Å². The van der Waals surface area contributed by atoms with Gasteiger partial charge in [0.1, 0.15) is 0 Å². The first-order valence-electron chi connectivity index (χ1n) is 9.80. The van der Waals surface area contributed by atoms with Crippen LogP contribution in [0.5, 0.6) is 0 Å². The van der Waals surface area contributed by atoms with E-state index in [2.05, 4.69) is 44.3 Å². The molecule has 1 N–H and O–H groups in total. The third-order valence-corrected chi connectivity index (χ3v) is 7.15. The summed E-state index contributed by atoms with van der Waals surface area (Å²) >= 11 is 0. The quantitative estimate of drug-likeness (QED) is 0.821. The van der Waals surface area contributed by atoms with Gasteiger partial charge < -0.3 is 5.32 Å². The summed E-state index contributed by atoms with van der Waals surface area (Å²) in [5.74, 6) is 0.0310. The molecular weight excluding hydrogens is 372 g/mol. The van der Waals surface area contributed by atoms with Gasteiger partial charge in [-0.3, -0.25) is 9.10 Å². The molecule has 1 amide bonds. The normalized spacial score (nSPS) is 17.2. The van der Waals surface area contributed by atoms with Gasteiger partial charge in [0, 0.05) is 12.1 Å². The van der Waals surface area contributed by atoms with Crippen molar-refractivity contribution >= 4 is 21.6 Å². The van der Waals surface area contributed by atoms with Crippen molar-refractivity contribution in [1.82, 2.24) is 5.32 Å². The van der Waals surface area contributed by atoms with Crippen molar-refractivity contribution < 1.29 is 13.2 Å². The third-order valence-electron chi connectivity index (χ3n) is 5.28. The number of anilines is 1. The lowest BCUT2D eigenvalue weighted by molar-refractivity contribution is 0.0935. The number of nitrogens with one attached hydrogen (secondary N) is 1. The predicted molar refractivity (Wildman–Crippen MR) is 113 cm³/mol. The number of aryl methyl sites for hydroxylation is 2. The number of nitrogens with zero attached hydrogens (tertiary/aromatic N) is 1. The fourth-order valence-corrected chi connectivity index (χ4v) is 5.36. The summed E-state index contributed by atoms with van der Waals surface area (Å²) in [6.45, 7) is 6.67. The van der Waals surface area contributed by atoms with Crippen LogP contribution in [-0.2, 0) is 10.0 Å². The van der Waals surface area contributed by atoms with Gasteiger partial charge >= 0.3 is 0 Å². The van der Waals surface area contributed by atoms with Gasteiger partial charge in [-0.25, -0.2) is 8.42 Å². The molecule has 1 unspecified atom stereocenters. The molecule has 0 bridgehead atoms. The van der Waals surface area contributed by atoms with E-state index in [9.17, 15) is 13.2 Å². The summed E-state index contributed by atoms with van der Waals surface area (Å²) in [4.78, 5) is 12.7. The zero-order valence-corrected chi connectivity index (χ0v) is 17.6. The molecular formula is C22H28N2O3S. The molecule has 150 valence electrons. The average molecular weight is 401 g/mol. The molecule has 0 spiro atoms. The number of carbonyl (C=O) groups is 1. The van der Waals surface area contributed by atoms with Gasteiger partial charge in [-0.15, -0.1) is 0 Å². The Morgan fingerprint density at radius 2 is 1.82 bits per heavy atom. The van der Waals surface area contributed by atoms with Crippen LogP contribution in [0.25, 0.3) is 0 Å². The first kappa shape index (κ1) is 20.4. The van der Waals surface area contributed by atoms with Crippen LogP contribution >= 0.6 is 0 Å². The predicted octanol–water partition coefficient (Wildman–Crippen LogP) is 4.11. The highest BCUT2D eigenvalue weighted by Crippen LogP contribution is 2.25. The highest BCUT2D eigenvalue weighted by atomic mass is 32.2. The highest BCUT2D eigenvalue weighted by molar-refractivity contribution is 7.92. The molecule has 1 aliphatic heterocycles. The summed E-state index contributed by atoms with van der Waals surface area (Å²) in [5.41, 5.74) is 4.64. The molecule has 2 aromatic carbocycles. The molecule has 1 fully saturated rings. The zero-order valence-electron chi connectivity index (χ0n) is 16.7. The summed E-state index contributed by atoms with van der Waals surface area (Å²) in [6, 6.07) is 13.0. The molecule has 2 aromatic rings. The van der Waals surface area contributed by atoms with Crippen molar-refractivity contribution in [2.45, 2.75) is 46.1 Å². The molecule has 6 heteroatoms. The summed E-state index contributed by atoms with van der Waals surface area (Å²) < 4.78 is 25.9. The number of amides is 1. The van der Waals surface area contributed by atoms with E-state index in [0.717, 1.165) is 24.0 Å². The minimum absolute atomic E-state index is 0.0600. The number of rotatable bonds is 5. The molecule has 1 aliphatic rings. The van der Waals surface area contributed by atoms with Crippen LogP contribution in [0.15, 0.2) is 42.5 Å². The molecule has 1 saturated heterocycles. The SMILES string of the molecule is CCC(NC(=O)c1ccc(N2CCCCS2(=O)=O)cc1)c1ccc(C)cc1C. The lowest BCUT2D eigenvalue weighted by Gasteiger charge is -2.28. The number of carbonyl (C=O) groups excluding carboxylic acids is 1. The van der Waals surface area contributed by atoms with Crippen molar-refractivity contribution in [3.8, 4) is 0 Å². The van der Waals surface area contributed by atoms with Crippen LogP contribution in [-0.4, -0.2) is 26.6 Å². The van der Waals surface area contributed by atoms with E-state index in [4.69, 9.17) is 0 Å². The van der Waals surface area contributed by atoms with E-state index >= 15 is 0 Å². The largest absolute Gasteiger partial charge is 0.345 e. The molecule has 5 nitrogen and oxygen atoms in total. The molecule has 0 saturated carbocycles. The molecule has 1 heterocycles. The van der Waals surface area contributed by atoms with Gasteiger partial charge in [0.2, 0.25) is 10.0 Å². The molecule has 0 radical (unpaired) electrons. The van der Waals surface area contributed by atoms with Gasteiger partial charge in [-0.2, -0.15) is 0 Å². The van der Waals surface area contributed by atoms with E-state index in [-0.39, 0.29) is 17.7 Å². The molecule has 3 rings (SSSR count). The van der Waals surface area contributed by atoms with Gasteiger partial charge in [-0.05, 0) is 68.5 Å². The Morgan fingerprint density at radius 3 is 2.43 bits per heavy atom. The van der Waals surface area contributed by atoms with Gasteiger partial charge in [0.05, 0.1) is 17.5 Å². The molecule has 1 atom stereocenters. The first-order chi connectivity index (χ1) is 13.3. The summed E-state index contributed by atoms with van der Waals surface area (Å²) in [7, 11) is -3.24. The van der Waals surface area contributed by atoms with Gasteiger partial charge in [0.25, 0.3) is 5.91 Å². The second-order valence-corrected chi connectivity index (χ2v) is 9.45. The number of benzene rings is 2. The van der Waals surface area contributed by atoms with Gasteiger partial charge in [-0.1, -0.05) is 30.7 Å². The van der Waals surface area contributed by atoms with Crippen LogP contribution in [0.4, 0.5) is 5.69 Å². The van der Waals surface area contributed by atoms with E-state index in [1.807, 2.05) is 0 Å². The standard InChI is InChI=1S/C22H28N2O3S/c1-4-21(20-12-7-16(2)15-17(20)3)23-22(25)18-8-10-19(11-9-18)24-13-5-6-14-28(24,26)27/h7-12,15,21H,4-6,13-14H2,1-3H3,(H,23,25). The summed E-state index contributed by atoms with van der Waals surface area (Å²) in [6.07, 6.45) is 2.35. The number of sulfonamides is 1. The lowest BCUT2D eigenvalue weighted by atomic mass is 9.97. The number of hydrogen-bond acceptors (Lipinski definition) is 3.